The lowest BCUT2D eigenvalue weighted by Crippen LogP contribution is -2.33. The predicted octanol–water partition coefficient (Wildman–Crippen LogP) is 2.68. The fourth-order valence-corrected chi connectivity index (χ4v) is 1.50. The van der Waals surface area contributed by atoms with Gasteiger partial charge in [0.2, 0.25) is 0 Å². The zero-order chi connectivity index (χ0) is 10.4. The molecule has 1 aromatic rings. The molecule has 15 heavy (non-hydrogen) atoms. The van der Waals surface area contributed by atoms with Crippen LogP contribution < -0.4 is 5.32 Å². The minimum atomic E-state index is -0.0394. The topological polar surface area (TPSA) is 29.1 Å². The summed E-state index contributed by atoms with van der Waals surface area (Å²) in [6, 6.07) is 9.40. The first-order valence-corrected chi connectivity index (χ1v) is 5.06. The summed E-state index contributed by atoms with van der Waals surface area (Å²) < 4.78 is 0. The highest BCUT2D eigenvalue weighted by Gasteiger charge is 2.16. The van der Waals surface area contributed by atoms with Crippen molar-refractivity contribution in [3.05, 3.63) is 35.9 Å². The number of likely N-dealkylation sites (N-methyl/N-ethyl adjacent to an activating group) is 1. The highest BCUT2D eigenvalue weighted by atomic mass is 35.5. The number of Topliss-reactive ketones (excluding diaryl/α,β-unsaturated/α-hetero) is 1. The molecule has 0 radical (unpaired) electrons. The second kappa shape index (κ2) is 7.43. The Labute approximate surface area is 97.5 Å². The summed E-state index contributed by atoms with van der Waals surface area (Å²) >= 11 is 0. The fourth-order valence-electron chi connectivity index (χ4n) is 1.50. The smallest absolute Gasteiger partial charge is 0.179 e. The van der Waals surface area contributed by atoms with E-state index in [9.17, 15) is 4.79 Å². The predicted molar refractivity (Wildman–Crippen MR) is 65.8 cm³/mol. The van der Waals surface area contributed by atoms with E-state index in [1.54, 1.807) is 0 Å². The highest BCUT2D eigenvalue weighted by molar-refractivity contribution is 6.00. The van der Waals surface area contributed by atoms with Gasteiger partial charge in [-0.05, 0) is 13.5 Å². The van der Waals surface area contributed by atoms with E-state index in [4.69, 9.17) is 0 Å². The molecule has 0 saturated heterocycles. The first kappa shape index (κ1) is 14.1. The van der Waals surface area contributed by atoms with E-state index in [-0.39, 0.29) is 24.2 Å². The molecule has 0 aliphatic heterocycles. The molecule has 0 bridgehead atoms. The van der Waals surface area contributed by atoms with Crippen molar-refractivity contribution < 1.29 is 4.79 Å². The molecule has 0 aliphatic rings. The Morgan fingerprint density at radius 2 is 1.93 bits per heavy atom. The Kier molecular flexibility index (Phi) is 7.01. The van der Waals surface area contributed by atoms with Crippen molar-refractivity contribution in [3.8, 4) is 0 Å². The Balaban J connectivity index is 0.00000196. The maximum absolute atomic E-state index is 11.9. The van der Waals surface area contributed by atoms with E-state index < -0.39 is 0 Å². The SMILES string of the molecule is CCCC(NC)C(=O)c1ccccc1.Cl. The summed E-state index contributed by atoms with van der Waals surface area (Å²) in [4.78, 5) is 11.9. The van der Waals surface area contributed by atoms with Gasteiger partial charge in [-0.3, -0.25) is 4.79 Å². The molecule has 0 spiro atoms. The van der Waals surface area contributed by atoms with Gasteiger partial charge in [-0.25, -0.2) is 0 Å². The zero-order valence-electron chi connectivity index (χ0n) is 9.19. The van der Waals surface area contributed by atoms with Gasteiger partial charge in [-0.15, -0.1) is 12.4 Å². The number of carbonyl (C=O) groups excluding carboxylic acids is 1. The van der Waals surface area contributed by atoms with Crippen molar-refractivity contribution in [1.82, 2.24) is 5.32 Å². The Hall–Kier alpha value is -0.860. The standard InChI is InChI=1S/C12H17NO.ClH/c1-3-7-11(13-2)12(14)10-8-5-4-6-9-10;/h4-6,8-9,11,13H,3,7H2,1-2H3;1H. The number of nitrogens with one attached hydrogen (secondary N) is 1. The third-order valence-electron chi connectivity index (χ3n) is 2.30. The molecule has 0 aromatic heterocycles. The molecule has 1 rings (SSSR count). The molecule has 2 nitrogen and oxygen atoms in total. The summed E-state index contributed by atoms with van der Waals surface area (Å²) in [5.74, 6) is 0.190. The molecule has 3 heteroatoms. The average molecular weight is 228 g/mol. The highest BCUT2D eigenvalue weighted by Crippen LogP contribution is 2.07. The van der Waals surface area contributed by atoms with E-state index in [0.717, 1.165) is 18.4 Å². The number of benzene rings is 1. The van der Waals surface area contributed by atoms with Crippen LogP contribution in [0, 0.1) is 0 Å². The van der Waals surface area contributed by atoms with Gasteiger partial charge in [0.25, 0.3) is 0 Å². The summed E-state index contributed by atoms with van der Waals surface area (Å²) in [6.07, 6.45) is 1.91. The summed E-state index contributed by atoms with van der Waals surface area (Å²) in [7, 11) is 1.83. The number of rotatable bonds is 5. The largest absolute Gasteiger partial charge is 0.310 e. The van der Waals surface area contributed by atoms with Gasteiger partial charge in [0, 0.05) is 5.56 Å². The Bertz CT molecular complexity index is 287. The van der Waals surface area contributed by atoms with Crippen molar-refractivity contribution in [1.29, 1.82) is 0 Å². The maximum atomic E-state index is 11.9. The first-order chi connectivity index (χ1) is 6.79. The van der Waals surface area contributed by atoms with Crippen molar-refractivity contribution >= 4 is 18.2 Å². The quantitative estimate of drug-likeness (QED) is 0.784. The van der Waals surface area contributed by atoms with Gasteiger partial charge in [0.05, 0.1) is 6.04 Å². The van der Waals surface area contributed by atoms with Crippen molar-refractivity contribution in [3.63, 3.8) is 0 Å². The molecule has 0 amide bonds. The van der Waals surface area contributed by atoms with E-state index >= 15 is 0 Å². The summed E-state index contributed by atoms with van der Waals surface area (Å²) in [6.45, 7) is 2.09. The number of hydrogen-bond acceptors (Lipinski definition) is 2. The van der Waals surface area contributed by atoms with Crippen LogP contribution >= 0.6 is 12.4 Å². The maximum Gasteiger partial charge on any atom is 0.179 e. The summed E-state index contributed by atoms with van der Waals surface area (Å²) in [5.41, 5.74) is 0.792. The van der Waals surface area contributed by atoms with Crippen LogP contribution in [-0.4, -0.2) is 18.9 Å². The molecule has 1 unspecified atom stereocenters. The van der Waals surface area contributed by atoms with E-state index in [0.29, 0.717) is 0 Å². The Morgan fingerprint density at radius 3 is 2.40 bits per heavy atom. The van der Waals surface area contributed by atoms with Crippen LogP contribution in [0.25, 0.3) is 0 Å². The van der Waals surface area contributed by atoms with Crippen LogP contribution in [0.4, 0.5) is 0 Å². The normalized spacial score (nSPS) is 11.6. The van der Waals surface area contributed by atoms with Crippen molar-refractivity contribution in [2.24, 2.45) is 0 Å². The second-order valence-corrected chi connectivity index (χ2v) is 3.36. The molecule has 84 valence electrons. The number of carbonyl (C=O) groups is 1. The minimum Gasteiger partial charge on any atom is -0.310 e. The van der Waals surface area contributed by atoms with E-state index in [1.165, 1.54) is 0 Å². The van der Waals surface area contributed by atoms with E-state index in [2.05, 4.69) is 12.2 Å². The molecule has 1 aromatic carbocycles. The van der Waals surface area contributed by atoms with Crippen LogP contribution in [0.2, 0.25) is 0 Å². The lowest BCUT2D eigenvalue weighted by molar-refractivity contribution is 0.0942. The van der Waals surface area contributed by atoms with Crippen LogP contribution in [0.5, 0.6) is 0 Å². The molecule has 0 aliphatic carbocycles. The molecule has 0 heterocycles. The number of hydrogen-bond donors (Lipinski definition) is 1. The van der Waals surface area contributed by atoms with Crippen LogP contribution in [-0.2, 0) is 0 Å². The third-order valence-corrected chi connectivity index (χ3v) is 2.30. The second-order valence-electron chi connectivity index (χ2n) is 3.36. The first-order valence-electron chi connectivity index (χ1n) is 5.06. The van der Waals surface area contributed by atoms with Gasteiger partial charge in [0.1, 0.15) is 0 Å². The molecule has 0 saturated carbocycles. The van der Waals surface area contributed by atoms with Gasteiger partial charge < -0.3 is 5.32 Å². The van der Waals surface area contributed by atoms with E-state index in [1.807, 2.05) is 37.4 Å². The number of halogens is 1. The van der Waals surface area contributed by atoms with Crippen LogP contribution in [0.3, 0.4) is 0 Å². The third kappa shape index (κ3) is 4.02. The summed E-state index contributed by atoms with van der Waals surface area (Å²) in [5, 5.41) is 3.05. The molecule has 1 atom stereocenters. The van der Waals surface area contributed by atoms with Crippen molar-refractivity contribution in [2.45, 2.75) is 25.8 Å². The average Bonchev–Trinajstić information content (AvgIpc) is 2.26. The van der Waals surface area contributed by atoms with Gasteiger partial charge in [0.15, 0.2) is 5.78 Å². The monoisotopic (exact) mass is 227 g/mol. The zero-order valence-corrected chi connectivity index (χ0v) is 10.0. The minimum absolute atomic E-state index is 0. The van der Waals surface area contributed by atoms with Crippen LogP contribution in [0.1, 0.15) is 30.1 Å². The lowest BCUT2D eigenvalue weighted by atomic mass is 10.0. The van der Waals surface area contributed by atoms with Gasteiger partial charge in [-0.1, -0.05) is 43.7 Å². The Morgan fingerprint density at radius 1 is 1.33 bits per heavy atom. The molecular weight excluding hydrogens is 210 g/mol. The fraction of sp³-hybridized carbons (Fsp3) is 0.417. The molecule has 1 N–H and O–H groups in total. The number of ketones is 1. The van der Waals surface area contributed by atoms with Gasteiger partial charge >= 0.3 is 0 Å². The van der Waals surface area contributed by atoms with Crippen LogP contribution in [0.15, 0.2) is 30.3 Å². The van der Waals surface area contributed by atoms with Gasteiger partial charge in [-0.2, -0.15) is 0 Å². The molecule has 0 fully saturated rings. The molecular formula is C12H18ClNO. The lowest BCUT2D eigenvalue weighted by Gasteiger charge is -2.13. The van der Waals surface area contributed by atoms with Crippen molar-refractivity contribution in [2.75, 3.05) is 7.05 Å².